The van der Waals surface area contributed by atoms with Gasteiger partial charge in [-0.2, -0.15) is 0 Å². The molecule has 0 aliphatic carbocycles. The van der Waals surface area contributed by atoms with E-state index in [1.165, 1.54) is 36.6 Å². The lowest BCUT2D eigenvalue weighted by molar-refractivity contribution is -0.274. The second kappa shape index (κ2) is 9.11. The molecule has 1 heterocycles. The van der Waals surface area contributed by atoms with Gasteiger partial charge in [-0.15, -0.1) is 13.2 Å². The topological polar surface area (TPSA) is 80.6 Å². The maximum absolute atomic E-state index is 12.1. The van der Waals surface area contributed by atoms with Crippen LogP contribution in [0.25, 0.3) is 0 Å². The summed E-state index contributed by atoms with van der Waals surface area (Å²) < 4.78 is 45.2. The quantitative estimate of drug-likeness (QED) is 0.682. The standard InChI is InChI=1S/C18H19F3N2O4/c1-12(13-6-8-14(9-7-13)27-18(19,20)21)23-16(24)5-2-10-22-17(25)15-4-3-11-26-15/h3-4,6-9,11-12H,2,5,10H2,1H3,(H,22,25)(H,23,24)/t12-/m0/s1. The molecule has 0 bridgehead atoms. The van der Waals surface area contributed by atoms with E-state index in [0.29, 0.717) is 18.5 Å². The monoisotopic (exact) mass is 384 g/mol. The van der Waals surface area contributed by atoms with E-state index in [2.05, 4.69) is 15.4 Å². The van der Waals surface area contributed by atoms with Crippen LogP contribution < -0.4 is 15.4 Å². The van der Waals surface area contributed by atoms with Gasteiger partial charge in [-0.1, -0.05) is 12.1 Å². The molecule has 0 unspecified atom stereocenters. The maximum Gasteiger partial charge on any atom is 0.573 e. The number of halogens is 3. The highest BCUT2D eigenvalue weighted by Gasteiger charge is 2.31. The van der Waals surface area contributed by atoms with Gasteiger partial charge in [0, 0.05) is 13.0 Å². The Hall–Kier alpha value is -2.97. The first kappa shape index (κ1) is 20.3. The van der Waals surface area contributed by atoms with Crippen LogP contribution in [0.5, 0.6) is 5.75 Å². The van der Waals surface area contributed by atoms with Crippen molar-refractivity contribution in [3.8, 4) is 5.75 Å². The fourth-order valence-corrected chi connectivity index (χ4v) is 2.30. The Bertz CT molecular complexity index is 743. The Morgan fingerprint density at radius 2 is 1.89 bits per heavy atom. The van der Waals surface area contributed by atoms with Crippen LogP contribution in [0.1, 0.15) is 41.9 Å². The van der Waals surface area contributed by atoms with Crippen LogP contribution in [-0.4, -0.2) is 24.7 Å². The van der Waals surface area contributed by atoms with Gasteiger partial charge in [-0.05, 0) is 43.2 Å². The summed E-state index contributed by atoms with van der Waals surface area (Å²) in [5, 5.41) is 5.38. The number of hydrogen-bond donors (Lipinski definition) is 2. The fourth-order valence-electron chi connectivity index (χ4n) is 2.30. The smallest absolute Gasteiger partial charge is 0.459 e. The molecule has 0 saturated carbocycles. The van der Waals surface area contributed by atoms with E-state index in [1.807, 2.05) is 0 Å². The zero-order valence-corrected chi connectivity index (χ0v) is 14.5. The van der Waals surface area contributed by atoms with E-state index in [0.717, 1.165) is 0 Å². The molecule has 0 fully saturated rings. The molecule has 1 atom stereocenters. The number of hydrogen-bond acceptors (Lipinski definition) is 4. The number of ether oxygens (including phenoxy) is 1. The number of carbonyl (C=O) groups is 2. The third-order valence-electron chi connectivity index (χ3n) is 3.60. The van der Waals surface area contributed by atoms with Gasteiger partial charge in [0.05, 0.1) is 12.3 Å². The van der Waals surface area contributed by atoms with Crippen LogP contribution in [-0.2, 0) is 4.79 Å². The third kappa shape index (κ3) is 7.04. The molecule has 2 N–H and O–H groups in total. The molecule has 1 aromatic heterocycles. The first-order chi connectivity index (χ1) is 12.7. The van der Waals surface area contributed by atoms with Crippen molar-refractivity contribution in [2.45, 2.75) is 32.2 Å². The normalized spacial score (nSPS) is 12.3. The lowest BCUT2D eigenvalue weighted by atomic mass is 10.1. The minimum absolute atomic E-state index is 0.193. The summed E-state index contributed by atoms with van der Waals surface area (Å²) >= 11 is 0. The molecule has 0 aliphatic rings. The summed E-state index contributed by atoms with van der Waals surface area (Å²) in [4.78, 5) is 23.6. The zero-order chi connectivity index (χ0) is 19.9. The molecule has 2 amide bonds. The van der Waals surface area contributed by atoms with Gasteiger partial charge in [-0.25, -0.2) is 0 Å². The Kier molecular flexibility index (Phi) is 6.86. The number of benzene rings is 1. The Morgan fingerprint density at radius 1 is 1.19 bits per heavy atom. The average Bonchev–Trinajstić information content (AvgIpc) is 3.12. The predicted octanol–water partition coefficient (Wildman–Crippen LogP) is 3.57. The summed E-state index contributed by atoms with van der Waals surface area (Å²) in [7, 11) is 0. The molecule has 0 aliphatic heterocycles. The van der Waals surface area contributed by atoms with Crippen molar-refractivity contribution in [2.75, 3.05) is 6.54 Å². The zero-order valence-electron chi connectivity index (χ0n) is 14.5. The number of rotatable bonds is 8. The van der Waals surface area contributed by atoms with Gasteiger partial charge in [0.25, 0.3) is 5.91 Å². The van der Waals surface area contributed by atoms with E-state index in [1.54, 1.807) is 13.0 Å². The highest BCUT2D eigenvalue weighted by molar-refractivity contribution is 5.91. The lowest BCUT2D eigenvalue weighted by Gasteiger charge is -2.15. The molecule has 27 heavy (non-hydrogen) atoms. The van der Waals surface area contributed by atoms with Gasteiger partial charge in [0.15, 0.2) is 5.76 Å². The Morgan fingerprint density at radius 3 is 2.48 bits per heavy atom. The minimum Gasteiger partial charge on any atom is -0.459 e. The number of furan rings is 1. The fraction of sp³-hybridized carbons (Fsp3) is 0.333. The molecular weight excluding hydrogens is 365 g/mol. The van der Waals surface area contributed by atoms with Gasteiger partial charge in [0.2, 0.25) is 5.91 Å². The van der Waals surface area contributed by atoms with Gasteiger partial charge >= 0.3 is 6.36 Å². The second-order valence-electron chi connectivity index (χ2n) is 5.74. The van der Waals surface area contributed by atoms with Crippen molar-refractivity contribution < 1.29 is 31.9 Å². The van der Waals surface area contributed by atoms with Crippen molar-refractivity contribution in [3.05, 3.63) is 54.0 Å². The molecule has 2 aromatic rings. The van der Waals surface area contributed by atoms with Crippen LogP contribution in [0.15, 0.2) is 47.1 Å². The summed E-state index contributed by atoms with van der Waals surface area (Å²) in [5.41, 5.74) is 0.643. The van der Waals surface area contributed by atoms with Crippen molar-refractivity contribution >= 4 is 11.8 Å². The van der Waals surface area contributed by atoms with E-state index in [4.69, 9.17) is 4.42 Å². The molecule has 0 radical (unpaired) electrons. The number of nitrogens with one attached hydrogen (secondary N) is 2. The van der Waals surface area contributed by atoms with Gasteiger partial charge < -0.3 is 19.8 Å². The number of carbonyl (C=O) groups excluding carboxylic acids is 2. The summed E-state index contributed by atoms with van der Waals surface area (Å²) in [6.07, 6.45) is -2.72. The molecule has 9 heteroatoms. The largest absolute Gasteiger partial charge is 0.573 e. The molecule has 2 rings (SSSR count). The van der Waals surface area contributed by atoms with Crippen LogP contribution in [0.3, 0.4) is 0 Å². The SMILES string of the molecule is C[C@H](NC(=O)CCCNC(=O)c1ccco1)c1ccc(OC(F)(F)F)cc1. The molecular formula is C18H19F3N2O4. The van der Waals surface area contributed by atoms with Crippen LogP contribution in [0.4, 0.5) is 13.2 Å². The van der Waals surface area contributed by atoms with E-state index in [9.17, 15) is 22.8 Å². The summed E-state index contributed by atoms with van der Waals surface area (Å²) in [5.74, 6) is -0.705. The summed E-state index contributed by atoms with van der Waals surface area (Å²) in [6, 6.07) is 8.05. The molecule has 0 saturated heterocycles. The van der Waals surface area contributed by atoms with Crippen molar-refractivity contribution in [3.63, 3.8) is 0 Å². The van der Waals surface area contributed by atoms with Gasteiger partial charge in [-0.3, -0.25) is 9.59 Å². The Balaban J connectivity index is 1.71. The average molecular weight is 384 g/mol. The maximum atomic E-state index is 12.1. The van der Waals surface area contributed by atoms with E-state index >= 15 is 0 Å². The van der Waals surface area contributed by atoms with Crippen molar-refractivity contribution in [1.29, 1.82) is 0 Å². The first-order valence-electron chi connectivity index (χ1n) is 8.21. The molecule has 1 aromatic carbocycles. The number of amides is 2. The van der Waals surface area contributed by atoms with Crippen molar-refractivity contribution in [2.24, 2.45) is 0 Å². The lowest BCUT2D eigenvalue weighted by Crippen LogP contribution is -2.29. The molecule has 0 spiro atoms. The highest BCUT2D eigenvalue weighted by Crippen LogP contribution is 2.24. The van der Waals surface area contributed by atoms with E-state index < -0.39 is 6.36 Å². The van der Waals surface area contributed by atoms with Crippen LogP contribution in [0.2, 0.25) is 0 Å². The minimum atomic E-state index is -4.74. The van der Waals surface area contributed by atoms with Crippen LogP contribution >= 0.6 is 0 Å². The van der Waals surface area contributed by atoms with Gasteiger partial charge in [0.1, 0.15) is 5.75 Å². The predicted molar refractivity (Wildman–Crippen MR) is 90.0 cm³/mol. The Labute approximate surface area is 153 Å². The summed E-state index contributed by atoms with van der Waals surface area (Å²) in [6.45, 7) is 2.03. The van der Waals surface area contributed by atoms with E-state index in [-0.39, 0.29) is 35.8 Å². The van der Waals surface area contributed by atoms with Crippen LogP contribution in [0, 0.1) is 0 Å². The van der Waals surface area contributed by atoms with Crippen molar-refractivity contribution in [1.82, 2.24) is 10.6 Å². The third-order valence-corrected chi connectivity index (χ3v) is 3.60. The number of alkyl halides is 3. The molecule has 6 nitrogen and oxygen atoms in total. The first-order valence-corrected chi connectivity index (χ1v) is 8.21. The highest BCUT2D eigenvalue weighted by atomic mass is 19.4. The second-order valence-corrected chi connectivity index (χ2v) is 5.74. The molecule has 146 valence electrons.